The van der Waals surface area contributed by atoms with Crippen molar-refractivity contribution in [1.82, 2.24) is 0 Å². The van der Waals surface area contributed by atoms with Crippen molar-refractivity contribution in [2.45, 2.75) is 6.92 Å². The number of anilines is 2. The maximum absolute atomic E-state index is 10.1. The Balaban J connectivity index is 3.56. The molecule has 4 N–H and O–H groups in total. The predicted octanol–water partition coefficient (Wildman–Crippen LogP) is 1.09. The lowest BCUT2D eigenvalue weighted by molar-refractivity contribution is 0.564. The summed E-state index contributed by atoms with van der Waals surface area (Å²) in [5, 5.41) is 0. The first-order valence-corrected chi connectivity index (χ1v) is 3.96. The zero-order chi connectivity index (χ0) is 11.4. The van der Waals surface area contributed by atoms with Gasteiger partial charge in [-0.3, -0.25) is 0 Å². The zero-order valence-electron chi connectivity index (χ0n) is 7.94. The first kappa shape index (κ1) is 10.7. The van der Waals surface area contributed by atoms with Crippen molar-refractivity contribution in [2.24, 2.45) is 9.98 Å². The molecule has 0 bridgehead atoms. The summed E-state index contributed by atoms with van der Waals surface area (Å²) < 4.78 is 0. The van der Waals surface area contributed by atoms with E-state index >= 15 is 0 Å². The summed E-state index contributed by atoms with van der Waals surface area (Å²) in [6.45, 7) is 1.63. The highest BCUT2D eigenvalue weighted by Gasteiger charge is 2.10. The summed E-state index contributed by atoms with van der Waals surface area (Å²) in [6, 6.07) is 1.40. The fourth-order valence-electron chi connectivity index (χ4n) is 1.13. The summed E-state index contributed by atoms with van der Waals surface area (Å²) >= 11 is 0. The van der Waals surface area contributed by atoms with E-state index in [0.717, 1.165) is 0 Å². The van der Waals surface area contributed by atoms with Gasteiger partial charge in [-0.05, 0) is 13.0 Å². The smallest absolute Gasteiger partial charge is 0.240 e. The number of nitrogens with two attached hydrogens (primary N) is 2. The molecule has 0 aliphatic rings. The fraction of sp³-hybridized carbons (Fsp3) is 0.111. The van der Waals surface area contributed by atoms with E-state index in [9.17, 15) is 9.59 Å². The van der Waals surface area contributed by atoms with Crippen LogP contribution in [0, 0.1) is 6.92 Å². The molecule has 1 aromatic rings. The van der Waals surface area contributed by atoms with Crippen LogP contribution in [0.5, 0.6) is 0 Å². The molecule has 0 atom stereocenters. The Labute approximate surface area is 85.3 Å². The van der Waals surface area contributed by atoms with E-state index in [2.05, 4.69) is 9.98 Å². The first-order valence-electron chi connectivity index (χ1n) is 3.96. The highest BCUT2D eigenvalue weighted by atomic mass is 16.1. The van der Waals surface area contributed by atoms with E-state index in [-0.39, 0.29) is 17.1 Å². The Morgan fingerprint density at radius 2 is 1.80 bits per heavy atom. The molecule has 0 spiro atoms. The molecule has 0 unspecified atom stereocenters. The molecular weight excluding hydrogens is 196 g/mol. The van der Waals surface area contributed by atoms with Crippen LogP contribution in [0.15, 0.2) is 16.1 Å². The first-order chi connectivity index (χ1) is 7.11. The van der Waals surface area contributed by atoms with Gasteiger partial charge in [-0.1, -0.05) is 0 Å². The summed E-state index contributed by atoms with van der Waals surface area (Å²) in [7, 11) is 0. The number of hydrogen-bond acceptors (Lipinski definition) is 6. The van der Waals surface area contributed by atoms with E-state index in [4.69, 9.17) is 11.5 Å². The normalized spacial score (nSPS) is 8.87. The third-order valence-corrected chi connectivity index (χ3v) is 1.93. The maximum atomic E-state index is 10.1. The Morgan fingerprint density at radius 1 is 1.20 bits per heavy atom. The van der Waals surface area contributed by atoms with E-state index in [1.807, 2.05) is 0 Å². The van der Waals surface area contributed by atoms with Crippen LogP contribution in [-0.2, 0) is 9.59 Å². The van der Waals surface area contributed by atoms with Gasteiger partial charge >= 0.3 is 0 Å². The van der Waals surface area contributed by atoms with Gasteiger partial charge < -0.3 is 11.5 Å². The number of aliphatic imine (C=N–C) groups is 2. The number of carbonyl (C=O) groups excluding carboxylic acids is 2. The Bertz CT molecular complexity index is 497. The predicted molar refractivity (Wildman–Crippen MR) is 55.6 cm³/mol. The van der Waals surface area contributed by atoms with Crippen molar-refractivity contribution in [2.75, 3.05) is 11.5 Å². The van der Waals surface area contributed by atoms with E-state index in [1.165, 1.54) is 18.2 Å². The minimum atomic E-state index is 0.146. The monoisotopic (exact) mass is 204 g/mol. The number of nitrogens with zero attached hydrogens (tertiary/aromatic N) is 2. The minimum absolute atomic E-state index is 0.146. The molecule has 0 saturated carbocycles. The highest BCUT2D eigenvalue weighted by Crippen LogP contribution is 2.37. The van der Waals surface area contributed by atoms with Gasteiger partial charge in [-0.2, -0.15) is 9.98 Å². The second-order valence-electron chi connectivity index (χ2n) is 2.78. The number of isocyanates is 2. The summed E-state index contributed by atoms with van der Waals surface area (Å²) in [5.74, 6) is 0. The lowest BCUT2D eigenvalue weighted by atomic mass is 10.1. The van der Waals surface area contributed by atoms with Gasteiger partial charge in [0.05, 0.1) is 17.1 Å². The molecule has 0 aromatic heterocycles. The molecule has 0 radical (unpaired) electrons. The number of rotatable bonds is 2. The lowest BCUT2D eigenvalue weighted by Gasteiger charge is -2.08. The van der Waals surface area contributed by atoms with Crippen LogP contribution in [-0.4, -0.2) is 12.2 Å². The molecule has 0 saturated heterocycles. The molecule has 15 heavy (non-hydrogen) atoms. The molecule has 0 aliphatic carbocycles. The van der Waals surface area contributed by atoms with Crippen molar-refractivity contribution in [1.29, 1.82) is 0 Å². The number of hydrogen-bond donors (Lipinski definition) is 2. The van der Waals surface area contributed by atoms with Crippen molar-refractivity contribution in [3.05, 3.63) is 11.6 Å². The van der Waals surface area contributed by atoms with Gasteiger partial charge in [0.25, 0.3) is 0 Å². The maximum Gasteiger partial charge on any atom is 0.240 e. The van der Waals surface area contributed by atoms with Crippen LogP contribution >= 0.6 is 0 Å². The largest absolute Gasteiger partial charge is 0.397 e. The molecule has 0 heterocycles. The quantitative estimate of drug-likeness (QED) is 0.426. The second kappa shape index (κ2) is 4.19. The average molecular weight is 204 g/mol. The Hall–Kier alpha value is -2.42. The van der Waals surface area contributed by atoms with Gasteiger partial charge in [0.1, 0.15) is 5.69 Å². The molecule has 1 aromatic carbocycles. The van der Waals surface area contributed by atoms with Crippen LogP contribution in [0.3, 0.4) is 0 Å². The Morgan fingerprint density at radius 3 is 2.33 bits per heavy atom. The molecule has 1 rings (SSSR count). The number of nitrogen functional groups attached to an aromatic ring is 2. The van der Waals surface area contributed by atoms with Crippen molar-refractivity contribution in [3.8, 4) is 0 Å². The number of benzene rings is 1. The highest BCUT2D eigenvalue weighted by molar-refractivity contribution is 5.86. The van der Waals surface area contributed by atoms with Crippen molar-refractivity contribution >= 4 is 34.9 Å². The van der Waals surface area contributed by atoms with Crippen molar-refractivity contribution in [3.63, 3.8) is 0 Å². The summed E-state index contributed by atoms with van der Waals surface area (Å²) in [4.78, 5) is 27.0. The van der Waals surface area contributed by atoms with Crippen LogP contribution in [0.25, 0.3) is 0 Å². The molecule has 0 aliphatic heterocycles. The van der Waals surface area contributed by atoms with E-state index < -0.39 is 0 Å². The van der Waals surface area contributed by atoms with E-state index in [0.29, 0.717) is 11.3 Å². The van der Waals surface area contributed by atoms with Crippen LogP contribution in [0.1, 0.15) is 5.56 Å². The zero-order valence-corrected chi connectivity index (χ0v) is 7.94. The Kier molecular flexibility index (Phi) is 2.98. The third-order valence-electron chi connectivity index (χ3n) is 1.93. The van der Waals surface area contributed by atoms with Gasteiger partial charge in [-0.25, -0.2) is 9.59 Å². The standard InChI is InChI=1S/C9H8N4O2/c1-5-7(12-3-14)2-6(10)9(8(5)11)13-4-15/h2H,10-11H2,1H3. The molecule has 0 fully saturated rings. The molecule has 76 valence electrons. The molecular formula is C9H8N4O2. The minimum Gasteiger partial charge on any atom is -0.397 e. The molecule has 6 nitrogen and oxygen atoms in total. The van der Waals surface area contributed by atoms with Gasteiger partial charge in [0.2, 0.25) is 12.2 Å². The van der Waals surface area contributed by atoms with Crippen LogP contribution in [0.4, 0.5) is 22.7 Å². The van der Waals surface area contributed by atoms with Gasteiger partial charge in [0.15, 0.2) is 0 Å². The van der Waals surface area contributed by atoms with Crippen LogP contribution < -0.4 is 11.5 Å². The summed E-state index contributed by atoms with van der Waals surface area (Å²) in [5.41, 5.74) is 12.6. The summed E-state index contributed by atoms with van der Waals surface area (Å²) in [6.07, 6.45) is 2.74. The SMILES string of the molecule is Cc1c(N=C=O)cc(N)c(N=C=O)c1N. The van der Waals surface area contributed by atoms with Gasteiger partial charge in [0, 0.05) is 5.56 Å². The van der Waals surface area contributed by atoms with Crippen LogP contribution in [0.2, 0.25) is 0 Å². The van der Waals surface area contributed by atoms with Gasteiger partial charge in [-0.15, -0.1) is 0 Å². The fourth-order valence-corrected chi connectivity index (χ4v) is 1.13. The van der Waals surface area contributed by atoms with Crippen molar-refractivity contribution < 1.29 is 9.59 Å². The lowest BCUT2D eigenvalue weighted by Crippen LogP contribution is -1.95. The molecule has 0 amide bonds. The topological polar surface area (TPSA) is 111 Å². The van der Waals surface area contributed by atoms with E-state index in [1.54, 1.807) is 6.92 Å². The average Bonchev–Trinajstić information content (AvgIpc) is 2.21. The second-order valence-corrected chi connectivity index (χ2v) is 2.78. The molecule has 6 heteroatoms. The third kappa shape index (κ3) is 1.91.